The Balaban J connectivity index is 2.74. The molecule has 1 unspecified atom stereocenters. The van der Waals surface area contributed by atoms with Gasteiger partial charge in [0.05, 0.1) is 38.4 Å². The second-order valence-corrected chi connectivity index (χ2v) is 4.59. The van der Waals surface area contributed by atoms with Crippen molar-refractivity contribution in [2.24, 2.45) is 0 Å². The number of rotatable bonds is 7. The molecule has 0 aromatic heterocycles. The Labute approximate surface area is 109 Å². The maximum absolute atomic E-state index is 11.8. The van der Waals surface area contributed by atoms with Gasteiger partial charge in [-0.3, -0.25) is 9.69 Å². The number of nitrogens with zero attached hydrogens (tertiary/aromatic N) is 1. The summed E-state index contributed by atoms with van der Waals surface area (Å²) >= 11 is 0. The van der Waals surface area contributed by atoms with Crippen LogP contribution in [0.1, 0.15) is 26.7 Å². The molecule has 1 aliphatic rings. The van der Waals surface area contributed by atoms with Crippen LogP contribution in [0.15, 0.2) is 0 Å². The van der Waals surface area contributed by atoms with E-state index in [2.05, 4.69) is 11.8 Å². The Morgan fingerprint density at radius 1 is 1.33 bits per heavy atom. The van der Waals surface area contributed by atoms with Gasteiger partial charge >= 0.3 is 5.97 Å². The van der Waals surface area contributed by atoms with Crippen molar-refractivity contribution < 1.29 is 19.0 Å². The first-order valence-electron chi connectivity index (χ1n) is 6.66. The summed E-state index contributed by atoms with van der Waals surface area (Å²) in [5.41, 5.74) is -0.259. The van der Waals surface area contributed by atoms with Crippen LogP contribution in [-0.2, 0) is 19.0 Å². The van der Waals surface area contributed by atoms with Gasteiger partial charge in [-0.05, 0) is 13.3 Å². The van der Waals surface area contributed by atoms with Crippen molar-refractivity contribution in [3.63, 3.8) is 0 Å². The highest BCUT2D eigenvalue weighted by molar-refractivity contribution is 5.71. The minimum absolute atomic E-state index is 0.150. The van der Waals surface area contributed by atoms with Gasteiger partial charge in [0.15, 0.2) is 0 Å². The summed E-state index contributed by atoms with van der Waals surface area (Å²) in [4.78, 5) is 14.1. The highest BCUT2D eigenvalue weighted by Crippen LogP contribution is 2.26. The van der Waals surface area contributed by atoms with Crippen molar-refractivity contribution in [2.45, 2.75) is 32.2 Å². The number of hydrogen-bond donors (Lipinski definition) is 0. The molecule has 1 saturated heterocycles. The van der Waals surface area contributed by atoms with Crippen LogP contribution in [0, 0.1) is 0 Å². The molecule has 1 heterocycles. The third kappa shape index (κ3) is 3.93. The monoisotopic (exact) mass is 259 g/mol. The summed E-state index contributed by atoms with van der Waals surface area (Å²) < 4.78 is 15.8. The zero-order chi connectivity index (χ0) is 13.4. The van der Waals surface area contributed by atoms with Crippen LogP contribution in [0.2, 0.25) is 0 Å². The maximum Gasteiger partial charge on any atom is 0.307 e. The second-order valence-electron chi connectivity index (χ2n) is 4.59. The molecule has 5 nitrogen and oxygen atoms in total. The lowest BCUT2D eigenvalue weighted by Gasteiger charge is -2.44. The van der Waals surface area contributed by atoms with E-state index in [9.17, 15) is 4.79 Å². The van der Waals surface area contributed by atoms with E-state index >= 15 is 0 Å². The van der Waals surface area contributed by atoms with Gasteiger partial charge in [0.2, 0.25) is 0 Å². The number of hydrogen-bond acceptors (Lipinski definition) is 5. The van der Waals surface area contributed by atoms with Crippen LogP contribution in [-0.4, -0.2) is 63.0 Å². The molecule has 0 aliphatic carbocycles. The molecular weight excluding hydrogens is 234 g/mol. The number of esters is 1. The third-order valence-corrected chi connectivity index (χ3v) is 3.53. The van der Waals surface area contributed by atoms with E-state index in [0.717, 1.165) is 19.5 Å². The molecular formula is C13H25NO4. The summed E-state index contributed by atoms with van der Waals surface area (Å²) in [5.74, 6) is -0.150. The van der Waals surface area contributed by atoms with Gasteiger partial charge in [-0.2, -0.15) is 0 Å². The molecule has 1 atom stereocenters. The number of ether oxygens (including phenoxy) is 3. The van der Waals surface area contributed by atoms with E-state index in [0.29, 0.717) is 32.8 Å². The average Bonchev–Trinajstić information content (AvgIpc) is 2.39. The van der Waals surface area contributed by atoms with Crippen molar-refractivity contribution in [1.82, 2.24) is 4.90 Å². The third-order valence-electron chi connectivity index (χ3n) is 3.53. The van der Waals surface area contributed by atoms with Crippen LogP contribution in [0.5, 0.6) is 0 Å². The van der Waals surface area contributed by atoms with Crippen molar-refractivity contribution in [1.29, 1.82) is 0 Å². The first kappa shape index (κ1) is 15.4. The van der Waals surface area contributed by atoms with Gasteiger partial charge in [0.1, 0.15) is 0 Å². The van der Waals surface area contributed by atoms with Crippen LogP contribution >= 0.6 is 0 Å². The fraction of sp³-hybridized carbons (Fsp3) is 0.923. The fourth-order valence-electron chi connectivity index (χ4n) is 2.49. The van der Waals surface area contributed by atoms with Crippen LogP contribution in [0.4, 0.5) is 0 Å². The standard InChI is InChI=1S/C13H25NO4/c1-4-13(11-16-3,10-12(15)18-5-2)14-6-8-17-9-7-14/h4-11H2,1-3H3. The summed E-state index contributed by atoms with van der Waals surface area (Å²) in [6.45, 7) is 8.01. The van der Waals surface area contributed by atoms with E-state index in [-0.39, 0.29) is 11.5 Å². The Morgan fingerprint density at radius 3 is 2.50 bits per heavy atom. The smallest absolute Gasteiger partial charge is 0.307 e. The van der Waals surface area contributed by atoms with Gasteiger partial charge in [0.25, 0.3) is 0 Å². The van der Waals surface area contributed by atoms with Crippen molar-refractivity contribution in [2.75, 3.05) is 46.6 Å². The minimum atomic E-state index is -0.259. The molecule has 0 aromatic rings. The second kappa shape index (κ2) is 7.71. The predicted octanol–water partition coefficient (Wildman–Crippen LogP) is 1.07. The van der Waals surface area contributed by atoms with Gasteiger partial charge in [-0.1, -0.05) is 6.92 Å². The molecule has 0 N–H and O–H groups in total. The van der Waals surface area contributed by atoms with Crippen molar-refractivity contribution >= 4 is 5.97 Å². The van der Waals surface area contributed by atoms with E-state index in [1.54, 1.807) is 7.11 Å². The lowest BCUT2D eigenvalue weighted by Crippen LogP contribution is -2.56. The SMILES string of the molecule is CCOC(=O)CC(CC)(COC)N1CCOCC1. The molecule has 0 aromatic carbocycles. The highest BCUT2D eigenvalue weighted by Gasteiger charge is 2.38. The molecule has 0 bridgehead atoms. The Morgan fingerprint density at radius 2 is 2.00 bits per heavy atom. The number of methoxy groups -OCH3 is 1. The zero-order valence-corrected chi connectivity index (χ0v) is 11.7. The molecule has 1 fully saturated rings. The Hall–Kier alpha value is -0.650. The average molecular weight is 259 g/mol. The summed E-state index contributed by atoms with van der Waals surface area (Å²) in [6.07, 6.45) is 1.24. The van der Waals surface area contributed by atoms with Crippen molar-refractivity contribution in [3.8, 4) is 0 Å². The van der Waals surface area contributed by atoms with E-state index in [4.69, 9.17) is 14.2 Å². The number of carbonyl (C=O) groups is 1. The quantitative estimate of drug-likeness (QED) is 0.640. The molecule has 0 amide bonds. The molecule has 1 aliphatic heterocycles. The highest BCUT2D eigenvalue weighted by atomic mass is 16.5. The van der Waals surface area contributed by atoms with Crippen LogP contribution in [0.3, 0.4) is 0 Å². The number of carbonyl (C=O) groups excluding carboxylic acids is 1. The Kier molecular flexibility index (Phi) is 6.60. The van der Waals surface area contributed by atoms with Gasteiger partial charge in [-0.25, -0.2) is 0 Å². The molecule has 0 radical (unpaired) electrons. The van der Waals surface area contributed by atoms with Gasteiger partial charge in [-0.15, -0.1) is 0 Å². The predicted molar refractivity (Wildman–Crippen MR) is 68.5 cm³/mol. The van der Waals surface area contributed by atoms with Crippen LogP contribution < -0.4 is 0 Å². The lowest BCUT2D eigenvalue weighted by molar-refractivity contribution is -0.150. The maximum atomic E-state index is 11.8. The van der Waals surface area contributed by atoms with E-state index in [1.165, 1.54) is 0 Å². The minimum Gasteiger partial charge on any atom is -0.466 e. The summed E-state index contributed by atoms with van der Waals surface area (Å²) in [7, 11) is 1.68. The lowest BCUT2D eigenvalue weighted by atomic mass is 9.90. The molecule has 1 rings (SSSR count). The topological polar surface area (TPSA) is 48.0 Å². The molecule has 0 spiro atoms. The molecule has 106 valence electrons. The number of morpholine rings is 1. The zero-order valence-electron chi connectivity index (χ0n) is 11.7. The first-order valence-corrected chi connectivity index (χ1v) is 6.66. The normalized spacial score (nSPS) is 20.4. The Bertz CT molecular complexity index is 253. The van der Waals surface area contributed by atoms with E-state index < -0.39 is 0 Å². The van der Waals surface area contributed by atoms with Gasteiger partial charge in [0, 0.05) is 20.2 Å². The van der Waals surface area contributed by atoms with Crippen LogP contribution in [0.25, 0.3) is 0 Å². The van der Waals surface area contributed by atoms with Crippen molar-refractivity contribution in [3.05, 3.63) is 0 Å². The van der Waals surface area contributed by atoms with E-state index in [1.807, 2.05) is 6.92 Å². The molecule has 18 heavy (non-hydrogen) atoms. The summed E-state index contributed by atoms with van der Waals surface area (Å²) in [5, 5.41) is 0. The van der Waals surface area contributed by atoms with Gasteiger partial charge < -0.3 is 14.2 Å². The molecule has 5 heteroatoms. The molecule has 0 saturated carbocycles. The summed E-state index contributed by atoms with van der Waals surface area (Å²) in [6, 6.07) is 0. The fourth-order valence-corrected chi connectivity index (χ4v) is 2.49. The first-order chi connectivity index (χ1) is 8.68. The largest absolute Gasteiger partial charge is 0.466 e.